The van der Waals surface area contributed by atoms with Gasteiger partial charge in [0, 0.05) is 11.6 Å². The van der Waals surface area contributed by atoms with E-state index in [1.54, 1.807) is 29.4 Å². The van der Waals surface area contributed by atoms with E-state index in [0.717, 1.165) is 0 Å². The number of rotatable bonds is 6. The Hall–Kier alpha value is -2.45. The molecular weight excluding hydrogens is 304 g/mol. The molecule has 1 amide bonds. The maximum absolute atomic E-state index is 12.4. The second-order valence-electron chi connectivity index (χ2n) is 4.76. The van der Waals surface area contributed by atoms with E-state index in [4.69, 9.17) is 21.3 Å². The van der Waals surface area contributed by atoms with Crippen molar-refractivity contribution in [3.05, 3.63) is 52.9 Å². The number of benzene rings is 1. The Morgan fingerprint density at radius 2 is 2.23 bits per heavy atom. The Bertz CT molecular complexity index is 677. The molecule has 0 aliphatic carbocycles. The van der Waals surface area contributed by atoms with Crippen LogP contribution in [0.15, 0.2) is 41.0 Å². The van der Waals surface area contributed by atoms with Gasteiger partial charge in [0.1, 0.15) is 11.5 Å². The topological polar surface area (TPSA) is 77.5 Å². The van der Waals surface area contributed by atoms with Gasteiger partial charge >= 0.3 is 0 Å². The monoisotopic (exact) mass is 318 g/mol. The van der Waals surface area contributed by atoms with Crippen LogP contribution in [0, 0.1) is 11.3 Å². The van der Waals surface area contributed by atoms with E-state index in [1.165, 1.54) is 12.1 Å². The van der Waals surface area contributed by atoms with Crippen LogP contribution in [0.2, 0.25) is 5.02 Å². The predicted molar refractivity (Wildman–Crippen MR) is 81.2 cm³/mol. The van der Waals surface area contributed by atoms with Gasteiger partial charge in [-0.25, -0.2) is 0 Å². The molecule has 1 N–H and O–H groups in total. The zero-order chi connectivity index (χ0) is 15.9. The van der Waals surface area contributed by atoms with Gasteiger partial charge in [0.05, 0.1) is 31.7 Å². The van der Waals surface area contributed by atoms with Crippen molar-refractivity contribution in [3.8, 4) is 11.8 Å². The van der Waals surface area contributed by atoms with Crippen LogP contribution in [0.4, 0.5) is 0 Å². The molecule has 0 radical (unpaired) electrons. The number of hydrogen-bond donors (Lipinski definition) is 1. The molecule has 0 aliphatic heterocycles. The number of phenolic OH excluding ortho intramolecular Hbond substituents is 1. The molecule has 6 heteroatoms. The molecule has 0 saturated carbocycles. The molecular formula is C16H15ClN2O3. The van der Waals surface area contributed by atoms with Crippen molar-refractivity contribution in [1.82, 2.24) is 4.90 Å². The minimum Gasteiger partial charge on any atom is -0.508 e. The first-order valence-electron chi connectivity index (χ1n) is 6.74. The van der Waals surface area contributed by atoms with Gasteiger partial charge in [0.25, 0.3) is 0 Å². The number of amides is 1. The Balaban J connectivity index is 2.09. The lowest BCUT2D eigenvalue weighted by atomic mass is 10.1. The van der Waals surface area contributed by atoms with E-state index in [1.807, 2.05) is 6.07 Å². The standard InChI is InChI=1S/C16H15ClN2O3/c17-15-10-13(20)5-4-12(15)9-16(21)19(7-2-6-18)11-14-3-1-8-22-14/h1,3-5,8,10,20H,2,7,9,11H2. The molecule has 1 aromatic heterocycles. The Labute approximate surface area is 133 Å². The van der Waals surface area contributed by atoms with Crippen LogP contribution in [-0.2, 0) is 17.8 Å². The summed E-state index contributed by atoms with van der Waals surface area (Å²) < 4.78 is 5.25. The first kappa shape index (κ1) is 15.9. The second-order valence-corrected chi connectivity index (χ2v) is 5.16. The summed E-state index contributed by atoms with van der Waals surface area (Å²) in [5, 5.41) is 18.4. The lowest BCUT2D eigenvalue weighted by molar-refractivity contribution is -0.131. The molecule has 2 rings (SSSR count). The van der Waals surface area contributed by atoms with E-state index < -0.39 is 0 Å². The van der Waals surface area contributed by atoms with E-state index >= 15 is 0 Å². The molecule has 2 aromatic rings. The van der Waals surface area contributed by atoms with Crippen LogP contribution in [0.3, 0.4) is 0 Å². The summed E-state index contributed by atoms with van der Waals surface area (Å²) in [5.74, 6) is 0.556. The van der Waals surface area contributed by atoms with Crippen LogP contribution < -0.4 is 0 Å². The van der Waals surface area contributed by atoms with Gasteiger partial charge in [-0.3, -0.25) is 4.79 Å². The smallest absolute Gasteiger partial charge is 0.227 e. The van der Waals surface area contributed by atoms with Gasteiger partial charge in [0.15, 0.2) is 0 Å². The predicted octanol–water partition coefficient (Wildman–Crippen LogP) is 3.12. The summed E-state index contributed by atoms with van der Waals surface area (Å²) in [6.07, 6.45) is 1.89. The number of hydrogen-bond acceptors (Lipinski definition) is 4. The molecule has 1 aromatic carbocycles. The molecule has 1 heterocycles. The number of carbonyl (C=O) groups is 1. The van der Waals surface area contributed by atoms with Gasteiger partial charge in [0.2, 0.25) is 5.91 Å². The molecule has 0 unspecified atom stereocenters. The maximum Gasteiger partial charge on any atom is 0.227 e. The normalized spacial score (nSPS) is 10.2. The van der Waals surface area contributed by atoms with Crippen LogP contribution in [0.25, 0.3) is 0 Å². The first-order chi connectivity index (χ1) is 10.6. The third-order valence-corrected chi connectivity index (χ3v) is 3.50. The molecule has 0 saturated heterocycles. The number of aromatic hydroxyl groups is 1. The fourth-order valence-corrected chi connectivity index (χ4v) is 2.26. The molecule has 0 fully saturated rings. The molecule has 0 atom stereocenters. The lowest BCUT2D eigenvalue weighted by Gasteiger charge is -2.20. The van der Waals surface area contributed by atoms with Gasteiger partial charge in [-0.1, -0.05) is 17.7 Å². The maximum atomic E-state index is 12.4. The van der Waals surface area contributed by atoms with Crippen LogP contribution in [-0.4, -0.2) is 22.5 Å². The fourth-order valence-electron chi connectivity index (χ4n) is 2.02. The number of phenols is 1. The Kier molecular flexibility index (Phi) is 5.45. The van der Waals surface area contributed by atoms with Crippen LogP contribution in [0.5, 0.6) is 5.75 Å². The zero-order valence-electron chi connectivity index (χ0n) is 11.8. The quantitative estimate of drug-likeness (QED) is 0.887. The van der Waals surface area contributed by atoms with Gasteiger partial charge in [-0.05, 0) is 29.8 Å². The highest BCUT2D eigenvalue weighted by Crippen LogP contribution is 2.22. The van der Waals surface area contributed by atoms with Gasteiger partial charge in [-0.15, -0.1) is 0 Å². The average Bonchev–Trinajstić information content (AvgIpc) is 2.99. The Morgan fingerprint density at radius 1 is 1.41 bits per heavy atom. The largest absolute Gasteiger partial charge is 0.508 e. The van der Waals surface area contributed by atoms with E-state index in [-0.39, 0.29) is 24.5 Å². The van der Waals surface area contributed by atoms with Crippen molar-refractivity contribution >= 4 is 17.5 Å². The molecule has 114 valence electrons. The van der Waals surface area contributed by atoms with Crippen molar-refractivity contribution in [2.24, 2.45) is 0 Å². The van der Waals surface area contributed by atoms with Crippen molar-refractivity contribution in [1.29, 1.82) is 5.26 Å². The molecule has 0 aliphatic rings. The first-order valence-corrected chi connectivity index (χ1v) is 7.12. The highest BCUT2D eigenvalue weighted by Gasteiger charge is 2.17. The summed E-state index contributed by atoms with van der Waals surface area (Å²) >= 11 is 6.02. The van der Waals surface area contributed by atoms with Crippen molar-refractivity contribution in [2.75, 3.05) is 6.54 Å². The second kappa shape index (κ2) is 7.53. The Morgan fingerprint density at radius 3 is 2.86 bits per heavy atom. The number of halogens is 1. The number of carbonyl (C=O) groups excluding carboxylic acids is 1. The number of furan rings is 1. The molecule has 5 nitrogen and oxygen atoms in total. The van der Waals surface area contributed by atoms with Crippen LogP contribution in [0.1, 0.15) is 17.7 Å². The lowest BCUT2D eigenvalue weighted by Crippen LogP contribution is -2.32. The highest BCUT2D eigenvalue weighted by molar-refractivity contribution is 6.31. The summed E-state index contributed by atoms with van der Waals surface area (Å²) in [5.41, 5.74) is 0.630. The van der Waals surface area contributed by atoms with E-state index in [9.17, 15) is 9.90 Å². The summed E-state index contributed by atoms with van der Waals surface area (Å²) in [6.45, 7) is 0.634. The number of nitrogens with zero attached hydrogens (tertiary/aromatic N) is 2. The van der Waals surface area contributed by atoms with Crippen molar-refractivity contribution in [2.45, 2.75) is 19.4 Å². The van der Waals surface area contributed by atoms with E-state index in [0.29, 0.717) is 29.4 Å². The molecule has 0 bridgehead atoms. The zero-order valence-corrected chi connectivity index (χ0v) is 12.6. The fraction of sp³-hybridized carbons (Fsp3) is 0.250. The average molecular weight is 319 g/mol. The van der Waals surface area contributed by atoms with E-state index in [2.05, 4.69) is 0 Å². The third-order valence-electron chi connectivity index (χ3n) is 3.15. The number of nitriles is 1. The summed E-state index contributed by atoms with van der Waals surface area (Å²) in [7, 11) is 0. The minimum absolute atomic E-state index is 0.0538. The third kappa shape index (κ3) is 4.27. The van der Waals surface area contributed by atoms with Gasteiger partial charge < -0.3 is 14.4 Å². The SMILES string of the molecule is N#CCCN(Cc1ccco1)C(=O)Cc1ccc(O)cc1Cl. The summed E-state index contributed by atoms with van der Waals surface area (Å²) in [4.78, 5) is 14.0. The van der Waals surface area contributed by atoms with Gasteiger partial charge in [-0.2, -0.15) is 5.26 Å². The summed E-state index contributed by atoms with van der Waals surface area (Å²) in [6, 6.07) is 10.1. The molecule has 22 heavy (non-hydrogen) atoms. The van der Waals surface area contributed by atoms with Crippen molar-refractivity contribution < 1.29 is 14.3 Å². The van der Waals surface area contributed by atoms with Crippen molar-refractivity contribution in [3.63, 3.8) is 0 Å². The molecule has 0 spiro atoms. The minimum atomic E-state index is -0.153. The highest BCUT2D eigenvalue weighted by atomic mass is 35.5. The van der Waals surface area contributed by atoms with Crippen LogP contribution >= 0.6 is 11.6 Å².